The average Bonchev–Trinajstić information content (AvgIpc) is 2.16. The first kappa shape index (κ1) is 12.5. The van der Waals surface area contributed by atoms with E-state index in [0.29, 0.717) is 18.1 Å². The van der Waals surface area contributed by atoms with Gasteiger partial charge in [0.1, 0.15) is 0 Å². The molecule has 1 N–H and O–H groups in total. The first-order chi connectivity index (χ1) is 7.04. The molecule has 86 valence electrons. The molecule has 1 heterocycles. The van der Waals surface area contributed by atoms with Gasteiger partial charge in [0.25, 0.3) is 0 Å². The molecule has 0 amide bonds. The molecule has 0 radical (unpaired) electrons. The first-order valence-corrected chi connectivity index (χ1v) is 5.96. The molecule has 0 saturated carbocycles. The Hall–Kier alpha value is -0.590. The lowest BCUT2D eigenvalue weighted by molar-refractivity contribution is 0.121. The second-order valence-corrected chi connectivity index (χ2v) is 5.02. The van der Waals surface area contributed by atoms with Crippen LogP contribution in [0.2, 0.25) is 0 Å². The molecule has 1 fully saturated rings. The van der Waals surface area contributed by atoms with E-state index in [0.717, 1.165) is 19.4 Å². The quantitative estimate of drug-likeness (QED) is 0.769. The lowest BCUT2D eigenvalue weighted by atomic mass is 9.96. The summed E-state index contributed by atoms with van der Waals surface area (Å²) in [6, 6.07) is 4.03. The van der Waals surface area contributed by atoms with Crippen LogP contribution in [0.3, 0.4) is 0 Å². The van der Waals surface area contributed by atoms with E-state index in [1.165, 1.54) is 0 Å². The number of hydrogen-bond acceptors (Lipinski definition) is 3. The Kier molecular flexibility index (Phi) is 4.56. The van der Waals surface area contributed by atoms with E-state index in [2.05, 4.69) is 44.0 Å². The van der Waals surface area contributed by atoms with Gasteiger partial charge in [0, 0.05) is 24.7 Å². The number of piperidine rings is 1. The molecule has 0 aromatic heterocycles. The van der Waals surface area contributed by atoms with E-state index >= 15 is 0 Å². The molecule has 3 nitrogen and oxygen atoms in total. The molecule has 0 aromatic rings. The third-order valence-corrected chi connectivity index (χ3v) is 3.03. The molecule has 1 aliphatic heterocycles. The summed E-state index contributed by atoms with van der Waals surface area (Å²) in [5.41, 5.74) is 0. The van der Waals surface area contributed by atoms with E-state index < -0.39 is 0 Å². The third kappa shape index (κ3) is 3.48. The molecule has 15 heavy (non-hydrogen) atoms. The maximum atomic E-state index is 9.14. The standard InChI is InChI=1S/C12H23N3/c1-9(2)14-11-5-6-15(10(3)4)12(7-11)8-13/h9-12,14H,5-7H2,1-4H3/t11?,12-/m1/s1. The Labute approximate surface area is 93.5 Å². The van der Waals surface area contributed by atoms with Crippen LogP contribution in [0.4, 0.5) is 0 Å². The van der Waals surface area contributed by atoms with Crippen molar-refractivity contribution in [3.05, 3.63) is 0 Å². The van der Waals surface area contributed by atoms with Gasteiger partial charge in [0.2, 0.25) is 0 Å². The van der Waals surface area contributed by atoms with Crippen LogP contribution >= 0.6 is 0 Å². The van der Waals surface area contributed by atoms with Gasteiger partial charge >= 0.3 is 0 Å². The summed E-state index contributed by atoms with van der Waals surface area (Å²) < 4.78 is 0. The fourth-order valence-electron chi connectivity index (χ4n) is 2.35. The maximum absolute atomic E-state index is 9.14. The molecule has 2 atom stereocenters. The summed E-state index contributed by atoms with van der Waals surface area (Å²) >= 11 is 0. The molecule has 0 aliphatic carbocycles. The highest BCUT2D eigenvalue weighted by Crippen LogP contribution is 2.19. The van der Waals surface area contributed by atoms with Gasteiger partial charge in [-0.1, -0.05) is 13.8 Å². The van der Waals surface area contributed by atoms with Crippen LogP contribution in [-0.2, 0) is 0 Å². The number of nitrogens with zero attached hydrogens (tertiary/aromatic N) is 2. The summed E-state index contributed by atoms with van der Waals surface area (Å²) in [6.07, 6.45) is 2.13. The Bertz CT molecular complexity index is 230. The molecule has 0 aromatic carbocycles. The molecular formula is C12H23N3. The maximum Gasteiger partial charge on any atom is 0.0995 e. The second-order valence-electron chi connectivity index (χ2n) is 5.02. The Morgan fingerprint density at radius 2 is 2.00 bits per heavy atom. The minimum atomic E-state index is 0.0926. The summed E-state index contributed by atoms with van der Waals surface area (Å²) in [4.78, 5) is 2.30. The van der Waals surface area contributed by atoms with Crippen molar-refractivity contribution in [1.29, 1.82) is 5.26 Å². The van der Waals surface area contributed by atoms with Gasteiger partial charge in [-0.3, -0.25) is 4.90 Å². The summed E-state index contributed by atoms with van der Waals surface area (Å²) in [7, 11) is 0. The van der Waals surface area contributed by atoms with Crippen molar-refractivity contribution >= 4 is 0 Å². The highest BCUT2D eigenvalue weighted by Gasteiger charge is 2.29. The highest BCUT2D eigenvalue weighted by molar-refractivity contribution is 4.99. The van der Waals surface area contributed by atoms with E-state index in [-0.39, 0.29) is 6.04 Å². The topological polar surface area (TPSA) is 39.1 Å². The second kappa shape index (κ2) is 5.48. The highest BCUT2D eigenvalue weighted by atomic mass is 15.2. The zero-order chi connectivity index (χ0) is 11.4. The SMILES string of the molecule is CC(C)NC1CCN(C(C)C)[C@@H](C#N)C1. The summed E-state index contributed by atoms with van der Waals surface area (Å²) in [5, 5.41) is 12.7. The molecule has 3 heteroatoms. The van der Waals surface area contributed by atoms with E-state index in [4.69, 9.17) is 5.26 Å². The minimum Gasteiger partial charge on any atom is -0.312 e. The fourth-order valence-corrected chi connectivity index (χ4v) is 2.35. The molecule has 0 spiro atoms. The van der Waals surface area contributed by atoms with Gasteiger partial charge in [-0.05, 0) is 26.7 Å². The molecule has 0 bridgehead atoms. The lowest BCUT2D eigenvalue weighted by Gasteiger charge is -2.39. The zero-order valence-electron chi connectivity index (χ0n) is 10.3. The van der Waals surface area contributed by atoms with Gasteiger partial charge in [-0.15, -0.1) is 0 Å². The predicted octanol–water partition coefficient (Wildman–Crippen LogP) is 1.75. The number of hydrogen-bond donors (Lipinski definition) is 1. The van der Waals surface area contributed by atoms with Crippen LogP contribution < -0.4 is 5.32 Å². The molecule has 1 unspecified atom stereocenters. The first-order valence-electron chi connectivity index (χ1n) is 5.96. The number of likely N-dealkylation sites (tertiary alicyclic amines) is 1. The fraction of sp³-hybridized carbons (Fsp3) is 0.917. The van der Waals surface area contributed by atoms with Crippen molar-refractivity contribution in [2.45, 2.75) is 64.7 Å². The Morgan fingerprint density at radius 3 is 2.47 bits per heavy atom. The molecular weight excluding hydrogens is 186 g/mol. The van der Waals surface area contributed by atoms with Crippen molar-refractivity contribution in [2.24, 2.45) is 0 Å². The van der Waals surface area contributed by atoms with Gasteiger partial charge < -0.3 is 5.32 Å². The molecule has 1 aliphatic rings. The summed E-state index contributed by atoms with van der Waals surface area (Å²) in [5.74, 6) is 0. The smallest absolute Gasteiger partial charge is 0.0995 e. The monoisotopic (exact) mass is 209 g/mol. The van der Waals surface area contributed by atoms with Crippen LogP contribution in [0.5, 0.6) is 0 Å². The third-order valence-electron chi connectivity index (χ3n) is 3.03. The van der Waals surface area contributed by atoms with Crippen molar-refractivity contribution in [3.63, 3.8) is 0 Å². The Morgan fingerprint density at radius 1 is 1.33 bits per heavy atom. The van der Waals surface area contributed by atoms with Crippen molar-refractivity contribution in [3.8, 4) is 6.07 Å². The van der Waals surface area contributed by atoms with Crippen LogP contribution in [0.25, 0.3) is 0 Å². The van der Waals surface area contributed by atoms with Crippen LogP contribution in [0.1, 0.15) is 40.5 Å². The van der Waals surface area contributed by atoms with E-state index in [9.17, 15) is 0 Å². The van der Waals surface area contributed by atoms with Crippen molar-refractivity contribution in [2.75, 3.05) is 6.54 Å². The van der Waals surface area contributed by atoms with E-state index in [1.54, 1.807) is 0 Å². The summed E-state index contributed by atoms with van der Waals surface area (Å²) in [6.45, 7) is 9.70. The van der Waals surface area contributed by atoms with Crippen molar-refractivity contribution in [1.82, 2.24) is 10.2 Å². The molecule has 1 saturated heterocycles. The number of nitriles is 1. The van der Waals surface area contributed by atoms with Gasteiger partial charge in [0.15, 0.2) is 0 Å². The molecule has 1 rings (SSSR count). The van der Waals surface area contributed by atoms with Gasteiger partial charge in [-0.2, -0.15) is 5.26 Å². The lowest BCUT2D eigenvalue weighted by Crippen LogP contribution is -2.51. The Balaban J connectivity index is 2.52. The number of rotatable bonds is 3. The normalized spacial score (nSPS) is 28.3. The average molecular weight is 209 g/mol. The van der Waals surface area contributed by atoms with Crippen LogP contribution in [-0.4, -0.2) is 35.6 Å². The van der Waals surface area contributed by atoms with E-state index in [1.807, 2.05) is 0 Å². The van der Waals surface area contributed by atoms with Crippen LogP contribution in [0, 0.1) is 11.3 Å². The minimum absolute atomic E-state index is 0.0926. The predicted molar refractivity (Wildman–Crippen MR) is 62.5 cm³/mol. The zero-order valence-corrected chi connectivity index (χ0v) is 10.3. The largest absolute Gasteiger partial charge is 0.312 e. The van der Waals surface area contributed by atoms with Gasteiger partial charge in [-0.25, -0.2) is 0 Å². The van der Waals surface area contributed by atoms with Gasteiger partial charge in [0.05, 0.1) is 12.1 Å². The number of nitrogens with one attached hydrogen (secondary N) is 1. The van der Waals surface area contributed by atoms with Crippen LogP contribution in [0.15, 0.2) is 0 Å². The van der Waals surface area contributed by atoms with Crippen molar-refractivity contribution < 1.29 is 0 Å².